The Balaban J connectivity index is 2.37. The van der Waals surface area contributed by atoms with Gasteiger partial charge in [0.25, 0.3) is 0 Å². The van der Waals surface area contributed by atoms with Crippen LogP contribution in [0.5, 0.6) is 0 Å². The molecule has 0 saturated heterocycles. The Hall–Kier alpha value is -1.29. The zero-order valence-electron chi connectivity index (χ0n) is 9.22. The van der Waals surface area contributed by atoms with E-state index in [1.807, 2.05) is 16.8 Å². The molecule has 0 bridgehead atoms. The molecular formula is C12H13FN2S. The van der Waals surface area contributed by atoms with Crippen molar-refractivity contribution in [3.05, 3.63) is 42.5 Å². The van der Waals surface area contributed by atoms with Crippen LogP contribution in [0.15, 0.2) is 41.8 Å². The molecular weight excluding hydrogens is 223 g/mol. The van der Waals surface area contributed by atoms with Crippen LogP contribution in [0.3, 0.4) is 0 Å². The van der Waals surface area contributed by atoms with Crippen LogP contribution in [0, 0.1) is 5.82 Å². The topological polar surface area (TPSA) is 17.8 Å². The van der Waals surface area contributed by atoms with Gasteiger partial charge in [-0.15, -0.1) is 0 Å². The average molecular weight is 236 g/mol. The van der Waals surface area contributed by atoms with Gasteiger partial charge < -0.3 is 0 Å². The monoisotopic (exact) mass is 236 g/mol. The van der Waals surface area contributed by atoms with E-state index in [4.69, 9.17) is 0 Å². The molecule has 4 heteroatoms. The molecule has 0 saturated carbocycles. The summed E-state index contributed by atoms with van der Waals surface area (Å²) < 4.78 is 15.0. The highest BCUT2D eigenvalue weighted by Gasteiger charge is 2.07. The number of thioether (sulfide) groups is 1. The smallest absolute Gasteiger partial charge is 0.172 e. The lowest BCUT2D eigenvalue weighted by atomic mass is 10.3. The highest BCUT2D eigenvalue weighted by molar-refractivity contribution is 7.99. The first-order valence-electron chi connectivity index (χ1n) is 5.13. The molecule has 0 spiro atoms. The molecule has 2 nitrogen and oxygen atoms in total. The predicted molar refractivity (Wildman–Crippen MR) is 64.5 cm³/mol. The van der Waals surface area contributed by atoms with Gasteiger partial charge in [0.1, 0.15) is 5.82 Å². The Bertz CT molecular complexity index is 479. The van der Waals surface area contributed by atoms with Crippen LogP contribution < -0.4 is 0 Å². The van der Waals surface area contributed by atoms with Gasteiger partial charge in [0.15, 0.2) is 5.16 Å². The van der Waals surface area contributed by atoms with E-state index in [0.29, 0.717) is 5.25 Å². The fraction of sp³-hybridized carbons (Fsp3) is 0.250. The van der Waals surface area contributed by atoms with E-state index in [1.54, 1.807) is 24.0 Å². The third-order valence-electron chi connectivity index (χ3n) is 2.03. The van der Waals surface area contributed by atoms with Crippen molar-refractivity contribution in [3.63, 3.8) is 0 Å². The van der Waals surface area contributed by atoms with Crippen molar-refractivity contribution in [2.75, 3.05) is 0 Å². The molecule has 0 amide bonds. The summed E-state index contributed by atoms with van der Waals surface area (Å²) in [5.74, 6) is -0.230. The minimum absolute atomic E-state index is 0.230. The van der Waals surface area contributed by atoms with E-state index in [2.05, 4.69) is 18.8 Å². The molecule has 84 valence electrons. The Morgan fingerprint density at radius 2 is 2.19 bits per heavy atom. The molecule has 0 N–H and O–H groups in total. The molecule has 0 atom stereocenters. The Labute approximate surface area is 98.5 Å². The van der Waals surface area contributed by atoms with E-state index in [1.165, 1.54) is 12.1 Å². The number of aromatic nitrogens is 2. The van der Waals surface area contributed by atoms with Crippen molar-refractivity contribution < 1.29 is 4.39 Å². The minimum atomic E-state index is -0.230. The summed E-state index contributed by atoms with van der Waals surface area (Å²) in [7, 11) is 0. The fourth-order valence-electron chi connectivity index (χ4n) is 1.41. The van der Waals surface area contributed by atoms with Crippen LogP contribution in [-0.4, -0.2) is 14.8 Å². The van der Waals surface area contributed by atoms with E-state index in [0.717, 1.165) is 10.8 Å². The van der Waals surface area contributed by atoms with Crippen molar-refractivity contribution in [2.24, 2.45) is 0 Å². The van der Waals surface area contributed by atoms with Gasteiger partial charge in [0.2, 0.25) is 0 Å². The van der Waals surface area contributed by atoms with Gasteiger partial charge in [-0.25, -0.2) is 9.37 Å². The maximum absolute atomic E-state index is 13.1. The summed E-state index contributed by atoms with van der Waals surface area (Å²) in [5, 5.41) is 1.34. The van der Waals surface area contributed by atoms with Gasteiger partial charge in [0, 0.05) is 17.6 Å². The van der Waals surface area contributed by atoms with Crippen LogP contribution in [-0.2, 0) is 0 Å². The van der Waals surface area contributed by atoms with Crippen LogP contribution in [0.4, 0.5) is 4.39 Å². The lowest BCUT2D eigenvalue weighted by Gasteiger charge is -2.08. The van der Waals surface area contributed by atoms with Gasteiger partial charge >= 0.3 is 0 Å². The molecule has 0 aliphatic heterocycles. The SMILES string of the molecule is CC(C)Sc1nccn1-c1cccc(F)c1. The van der Waals surface area contributed by atoms with Crippen LogP contribution in [0.1, 0.15) is 13.8 Å². The van der Waals surface area contributed by atoms with Crippen molar-refractivity contribution >= 4 is 11.8 Å². The average Bonchev–Trinajstić information content (AvgIpc) is 2.65. The minimum Gasteiger partial charge on any atom is -0.295 e. The van der Waals surface area contributed by atoms with Gasteiger partial charge in [-0.1, -0.05) is 31.7 Å². The van der Waals surface area contributed by atoms with Crippen molar-refractivity contribution in [1.29, 1.82) is 0 Å². The molecule has 16 heavy (non-hydrogen) atoms. The second-order valence-corrected chi connectivity index (χ2v) is 5.27. The first-order chi connectivity index (χ1) is 7.66. The summed E-state index contributed by atoms with van der Waals surface area (Å²) >= 11 is 1.66. The zero-order chi connectivity index (χ0) is 11.5. The molecule has 0 radical (unpaired) electrons. The van der Waals surface area contributed by atoms with Crippen LogP contribution in [0.2, 0.25) is 0 Å². The Morgan fingerprint density at radius 1 is 1.38 bits per heavy atom. The predicted octanol–water partition coefficient (Wildman–Crippen LogP) is 3.51. The third-order valence-corrected chi connectivity index (χ3v) is 3.02. The Morgan fingerprint density at radius 3 is 2.88 bits per heavy atom. The second kappa shape index (κ2) is 4.70. The van der Waals surface area contributed by atoms with E-state index < -0.39 is 0 Å². The van der Waals surface area contributed by atoms with Gasteiger partial charge in [-0.05, 0) is 18.2 Å². The molecule has 0 aliphatic carbocycles. The quantitative estimate of drug-likeness (QED) is 0.759. The fourth-order valence-corrected chi connectivity index (χ4v) is 2.23. The first kappa shape index (κ1) is 11.2. The van der Waals surface area contributed by atoms with Gasteiger partial charge in [-0.2, -0.15) is 0 Å². The molecule has 1 aromatic carbocycles. The molecule has 2 rings (SSSR count). The molecule has 1 aromatic heterocycles. The number of hydrogen-bond acceptors (Lipinski definition) is 2. The summed E-state index contributed by atoms with van der Waals surface area (Å²) in [6.45, 7) is 4.21. The van der Waals surface area contributed by atoms with E-state index in [9.17, 15) is 4.39 Å². The summed E-state index contributed by atoms with van der Waals surface area (Å²) in [4.78, 5) is 4.27. The highest BCUT2D eigenvalue weighted by Crippen LogP contribution is 2.24. The lowest BCUT2D eigenvalue weighted by molar-refractivity contribution is 0.626. The summed E-state index contributed by atoms with van der Waals surface area (Å²) in [6, 6.07) is 6.52. The highest BCUT2D eigenvalue weighted by atomic mass is 32.2. The van der Waals surface area contributed by atoms with Gasteiger partial charge in [0.05, 0.1) is 5.69 Å². The third kappa shape index (κ3) is 2.44. The summed E-state index contributed by atoms with van der Waals surface area (Å²) in [6.07, 6.45) is 3.58. The molecule has 0 unspecified atom stereocenters. The normalized spacial score (nSPS) is 11.0. The molecule has 1 heterocycles. The summed E-state index contributed by atoms with van der Waals surface area (Å²) in [5.41, 5.74) is 0.806. The van der Waals surface area contributed by atoms with Crippen LogP contribution in [0.25, 0.3) is 5.69 Å². The van der Waals surface area contributed by atoms with Crippen molar-refractivity contribution in [2.45, 2.75) is 24.3 Å². The van der Waals surface area contributed by atoms with Gasteiger partial charge in [-0.3, -0.25) is 4.57 Å². The van der Waals surface area contributed by atoms with Crippen LogP contribution >= 0.6 is 11.8 Å². The second-order valence-electron chi connectivity index (χ2n) is 3.73. The number of hydrogen-bond donors (Lipinski definition) is 0. The molecule has 0 aliphatic rings. The number of rotatable bonds is 3. The van der Waals surface area contributed by atoms with Crippen molar-refractivity contribution in [3.8, 4) is 5.69 Å². The van der Waals surface area contributed by atoms with E-state index in [-0.39, 0.29) is 5.82 Å². The number of imidazole rings is 1. The number of benzene rings is 1. The number of nitrogens with zero attached hydrogens (tertiary/aromatic N) is 2. The maximum atomic E-state index is 13.1. The lowest BCUT2D eigenvalue weighted by Crippen LogP contribution is -1.98. The molecule has 2 aromatic rings. The Kier molecular flexibility index (Phi) is 3.29. The zero-order valence-corrected chi connectivity index (χ0v) is 10.0. The maximum Gasteiger partial charge on any atom is 0.172 e. The first-order valence-corrected chi connectivity index (χ1v) is 6.01. The standard InChI is InChI=1S/C12H13FN2S/c1-9(2)16-12-14-6-7-15(12)11-5-3-4-10(13)8-11/h3-9H,1-2H3. The number of halogens is 1. The van der Waals surface area contributed by atoms with Crippen molar-refractivity contribution in [1.82, 2.24) is 9.55 Å². The van der Waals surface area contributed by atoms with E-state index >= 15 is 0 Å². The molecule has 0 fully saturated rings. The largest absolute Gasteiger partial charge is 0.295 e.